The van der Waals surface area contributed by atoms with Crippen LogP contribution in [0.2, 0.25) is 0 Å². The Bertz CT molecular complexity index is 791. The molecule has 1 unspecified atom stereocenters. The molecule has 144 valence electrons. The Hall–Kier alpha value is -3.09. The van der Waals surface area contributed by atoms with Crippen LogP contribution in [0.4, 0.5) is 4.39 Å². The summed E-state index contributed by atoms with van der Waals surface area (Å²) in [5.74, 6) is -0.635. The van der Waals surface area contributed by atoms with Gasteiger partial charge in [-0.25, -0.2) is 4.39 Å². The van der Waals surface area contributed by atoms with Gasteiger partial charge in [0.2, 0.25) is 0 Å². The van der Waals surface area contributed by atoms with Gasteiger partial charge in [-0.3, -0.25) is 9.59 Å². The van der Waals surface area contributed by atoms with Crippen LogP contribution >= 0.6 is 0 Å². The molecule has 0 heterocycles. The molecule has 0 aliphatic carbocycles. The molecule has 0 saturated heterocycles. The van der Waals surface area contributed by atoms with Gasteiger partial charge in [0.05, 0.1) is 38.9 Å². The summed E-state index contributed by atoms with van der Waals surface area (Å²) >= 11 is 0. The maximum atomic E-state index is 13.2. The number of rotatable bonds is 8. The fraction of sp³-hybridized carbons (Fsp3) is 0.300. The van der Waals surface area contributed by atoms with E-state index in [9.17, 15) is 14.0 Å². The minimum atomic E-state index is -0.687. The van der Waals surface area contributed by atoms with Crippen molar-refractivity contribution in [2.24, 2.45) is 0 Å². The molecule has 7 heteroatoms. The van der Waals surface area contributed by atoms with E-state index in [1.165, 1.54) is 38.5 Å². The number of carbonyl (C=O) groups excluding carboxylic acids is 2. The molecule has 0 fully saturated rings. The van der Waals surface area contributed by atoms with Crippen molar-refractivity contribution in [1.29, 1.82) is 0 Å². The van der Waals surface area contributed by atoms with E-state index in [0.717, 1.165) is 0 Å². The van der Waals surface area contributed by atoms with Gasteiger partial charge < -0.3 is 19.5 Å². The zero-order valence-corrected chi connectivity index (χ0v) is 15.5. The predicted octanol–water partition coefficient (Wildman–Crippen LogP) is 3.27. The molecule has 6 nitrogen and oxygen atoms in total. The molecule has 1 atom stereocenters. The van der Waals surface area contributed by atoms with Crippen LogP contribution in [0, 0.1) is 5.82 Å². The molecular weight excluding hydrogens is 353 g/mol. The highest BCUT2D eigenvalue weighted by Gasteiger charge is 2.23. The first-order valence-electron chi connectivity index (χ1n) is 8.43. The van der Waals surface area contributed by atoms with E-state index in [0.29, 0.717) is 11.3 Å². The van der Waals surface area contributed by atoms with Crippen LogP contribution in [0.15, 0.2) is 42.5 Å². The Morgan fingerprint density at radius 1 is 1.07 bits per heavy atom. The lowest BCUT2D eigenvalue weighted by molar-refractivity contribution is -0.143. The SMILES string of the molecule is CCOC(=O)CC(NC(=O)c1cccc(OC)c1OC)c1ccc(F)cc1. The topological polar surface area (TPSA) is 73.9 Å². The number of methoxy groups -OCH3 is 2. The molecule has 27 heavy (non-hydrogen) atoms. The Morgan fingerprint density at radius 3 is 2.37 bits per heavy atom. The van der Waals surface area contributed by atoms with E-state index in [2.05, 4.69) is 5.32 Å². The highest BCUT2D eigenvalue weighted by molar-refractivity contribution is 5.98. The molecule has 0 saturated carbocycles. The standard InChI is InChI=1S/C20H22FNO5/c1-4-27-18(23)12-16(13-8-10-14(21)11-9-13)22-20(24)15-6-5-7-17(25-2)19(15)26-3/h5-11,16H,4,12H2,1-3H3,(H,22,24). The van der Waals surface area contributed by atoms with Gasteiger partial charge in [-0.1, -0.05) is 18.2 Å². The Kier molecular flexibility index (Phi) is 7.16. The van der Waals surface area contributed by atoms with Crippen LogP contribution in [0.5, 0.6) is 11.5 Å². The molecule has 2 aromatic carbocycles. The molecule has 1 N–H and O–H groups in total. The average molecular weight is 375 g/mol. The lowest BCUT2D eigenvalue weighted by Gasteiger charge is -2.20. The first kappa shape index (κ1) is 20.2. The van der Waals surface area contributed by atoms with E-state index in [-0.39, 0.29) is 24.3 Å². The van der Waals surface area contributed by atoms with Gasteiger partial charge in [0.1, 0.15) is 5.82 Å². The van der Waals surface area contributed by atoms with Crippen LogP contribution in [0.1, 0.15) is 35.3 Å². The second-order valence-electron chi connectivity index (χ2n) is 5.63. The van der Waals surface area contributed by atoms with Crippen molar-refractivity contribution in [2.75, 3.05) is 20.8 Å². The third kappa shape index (κ3) is 5.20. The Labute approximate surface area is 157 Å². The third-order valence-corrected chi connectivity index (χ3v) is 3.90. The van der Waals surface area contributed by atoms with Crippen molar-refractivity contribution in [3.63, 3.8) is 0 Å². The van der Waals surface area contributed by atoms with Crippen molar-refractivity contribution in [3.05, 3.63) is 59.4 Å². The molecule has 0 spiro atoms. The van der Waals surface area contributed by atoms with Gasteiger partial charge in [-0.2, -0.15) is 0 Å². The van der Waals surface area contributed by atoms with E-state index >= 15 is 0 Å². The number of ether oxygens (including phenoxy) is 3. The molecule has 2 aromatic rings. The largest absolute Gasteiger partial charge is 0.493 e. The number of para-hydroxylation sites is 1. The molecule has 1 amide bonds. The smallest absolute Gasteiger partial charge is 0.308 e. The van der Waals surface area contributed by atoms with E-state index in [4.69, 9.17) is 14.2 Å². The van der Waals surface area contributed by atoms with Crippen LogP contribution in [-0.4, -0.2) is 32.7 Å². The summed E-state index contributed by atoms with van der Waals surface area (Å²) in [6.45, 7) is 1.93. The second kappa shape index (κ2) is 9.56. The van der Waals surface area contributed by atoms with Crippen LogP contribution in [0.25, 0.3) is 0 Å². The van der Waals surface area contributed by atoms with Gasteiger partial charge in [0, 0.05) is 0 Å². The average Bonchev–Trinajstić information content (AvgIpc) is 2.67. The van der Waals surface area contributed by atoms with Gasteiger partial charge >= 0.3 is 5.97 Å². The summed E-state index contributed by atoms with van der Waals surface area (Å²) in [7, 11) is 2.91. The summed E-state index contributed by atoms with van der Waals surface area (Å²) in [6, 6.07) is 9.80. The molecule has 2 rings (SSSR count). The van der Waals surface area contributed by atoms with Crippen molar-refractivity contribution in [2.45, 2.75) is 19.4 Å². The monoisotopic (exact) mass is 375 g/mol. The zero-order valence-electron chi connectivity index (χ0n) is 15.5. The van der Waals surface area contributed by atoms with Crippen LogP contribution < -0.4 is 14.8 Å². The van der Waals surface area contributed by atoms with Crippen molar-refractivity contribution >= 4 is 11.9 Å². The maximum absolute atomic E-state index is 13.2. The Morgan fingerprint density at radius 2 is 1.78 bits per heavy atom. The van der Waals surface area contributed by atoms with Gasteiger partial charge in [0.15, 0.2) is 11.5 Å². The predicted molar refractivity (Wildman–Crippen MR) is 97.4 cm³/mol. The summed E-state index contributed by atoms with van der Waals surface area (Å²) < 4.78 is 28.7. The van der Waals surface area contributed by atoms with Crippen LogP contribution in [0.3, 0.4) is 0 Å². The first-order chi connectivity index (χ1) is 13.0. The first-order valence-corrected chi connectivity index (χ1v) is 8.43. The van der Waals surface area contributed by atoms with Gasteiger partial charge in [-0.05, 0) is 36.8 Å². The second-order valence-corrected chi connectivity index (χ2v) is 5.63. The van der Waals surface area contributed by atoms with Crippen LogP contribution in [-0.2, 0) is 9.53 Å². The minimum absolute atomic E-state index is 0.0858. The van der Waals surface area contributed by atoms with Crippen molar-refractivity contribution < 1.29 is 28.2 Å². The molecule has 0 bridgehead atoms. The number of esters is 1. The molecule has 0 aliphatic rings. The highest BCUT2D eigenvalue weighted by Crippen LogP contribution is 2.31. The van der Waals surface area contributed by atoms with E-state index in [1.807, 2.05) is 0 Å². The molecular formula is C20H22FNO5. The van der Waals surface area contributed by atoms with Gasteiger partial charge in [-0.15, -0.1) is 0 Å². The maximum Gasteiger partial charge on any atom is 0.308 e. The van der Waals surface area contributed by atoms with E-state index < -0.39 is 23.7 Å². The Balaban J connectivity index is 2.30. The van der Waals surface area contributed by atoms with Gasteiger partial charge in [0.25, 0.3) is 5.91 Å². The number of benzene rings is 2. The number of hydrogen-bond donors (Lipinski definition) is 1. The summed E-state index contributed by atoms with van der Waals surface area (Å²) in [5.41, 5.74) is 0.840. The number of halogens is 1. The fourth-order valence-corrected chi connectivity index (χ4v) is 2.64. The third-order valence-electron chi connectivity index (χ3n) is 3.90. The lowest BCUT2D eigenvalue weighted by Crippen LogP contribution is -2.31. The minimum Gasteiger partial charge on any atom is -0.493 e. The zero-order chi connectivity index (χ0) is 19.8. The molecule has 0 aliphatic heterocycles. The summed E-state index contributed by atoms with van der Waals surface area (Å²) in [6.07, 6.45) is -0.0858. The fourth-order valence-electron chi connectivity index (χ4n) is 2.64. The quantitative estimate of drug-likeness (QED) is 0.717. The van der Waals surface area contributed by atoms with Crippen molar-refractivity contribution in [1.82, 2.24) is 5.32 Å². The number of nitrogens with one attached hydrogen (secondary N) is 1. The number of hydrogen-bond acceptors (Lipinski definition) is 5. The number of carbonyl (C=O) groups is 2. The highest BCUT2D eigenvalue weighted by atomic mass is 19.1. The number of amides is 1. The summed E-state index contributed by atoms with van der Waals surface area (Å²) in [4.78, 5) is 24.8. The molecule has 0 aromatic heterocycles. The molecule has 0 radical (unpaired) electrons. The summed E-state index contributed by atoms with van der Waals surface area (Å²) in [5, 5.41) is 2.79. The lowest BCUT2D eigenvalue weighted by atomic mass is 10.0. The normalized spacial score (nSPS) is 11.4. The van der Waals surface area contributed by atoms with E-state index in [1.54, 1.807) is 25.1 Å². The van der Waals surface area contributed by atoms with Crippen molar-refractivity contribution in [3.8, 4) is 11.5 Å².